The molecule has 0 atom stereocenters. The number of hydrogen-bond acceptors (Lipinski definition) is 6. The van der Waals surface area contributed by atoms with Gasteiger partial charge >= 0.3 is 6.03 Å². The molecule has 3 amide bonds. The van der Waals surface area contributed by atoms with E-state index in [2.05, 4.69) is 25.9 Å². The van der Waals surface area contributed by atoms with E-state index < -0.39 is 11.8 Å². The zero-order valence-electron chi connectivity index (χ0n) is 25.1. The molecule has 12 heteroatoms. The number of benzene rings is 2. The summed E-state index contributed by atoms with van der Waals surface area (Å²) in [6.07, 6.45) is 4.82. The number of rotatable bonds is 8. The number of imidazole rings is 1. The Labute approximate surface area is 254 Å². The van der Waals surface area contributed by atoms with E-state index in [0.29, 0.717) is 29.5 Å². The molecule has 0 fully saturated rings. The van der Waals surface area contributed by atoms with Gasteiger partial charge in [0, 0.05) is 55.3 Å². The summed E-state index contributed by atoms with van der Waals surface area (Å²) in [5.74, 6) is 0.291. The Bertz CT molecular complexity index is 1810. The standard InChI is InChI=1S/C32H33FN8O3/c1-20-14-24(12-13-34-20)44-23-10-11-26(25(33)15-23)37-31(43)38-29-16-28(32(2,3)4)39-41(29)22-8-6-21(7-9-22)17-35-30(42)27-18-40(5)19-36-27/h6-16,18-19H,17H2,1-5H3,(H,35,42)(H2,37,38,43). The normalized spacial score (nSPS) is 11.2. The molecule has 44 heavy (non-hydrogen) atoms. The molecule has 0 unspecified atom stereocenters. The van der Waals surface area contributed by atoms with Gasteiger partial charge in [0.05, 0.1) is 23.4 Å². The van der Waals surface area contributed by atoms with Crippen molar-refractivity contribution in [2.75, 3.05) is 10.6 Å². The third kappa shape index (κ3) is 7.27. The maximum Gasteiger partial charge on any atom is 0.324 e. The van der Waals surface area contributed by atoms with Crippen molar-refractivity contribution in [1.82, 2.24) is 29.6 Å². The second-order valence-electron chi connectivity index (χ2n) is 11.3. The molecule has 0 aliphatic rings. The average molecular weight is 597 g/mol. The lowest BCUT2D eigenvalue weighted by molar-refractivity contribution is 0.0946. The van der Waals surface area contributed by atoms with E-state index in [-0.39, 0.29) is 22.8 Å². The summed E-state index contributed by atoms with van der Waals surface area (Å²) in [5.41, 5.74) is 3.10. The second kappa shape index (κ2) is 12.4. The van der Waals surface area contributed by atoms with Crippen molar-refractivity contribution in [3.05, 3.63) is 108 Å². The van der Waals surface area contributed by atoms with Gasteiger partial charge in [0.2, 0.25) is 0 Å². The first kappa shape index (κ1) is 30.0. The lowest BCUT2D eigenvalue weighted by atomic mass is 9.92. The molecule has 0 aliphatic carbocycles. The van der Waals surface area contributed by atoms with Gasteiger partial charge in [-0.1, -0.05) is 32.9 Å². The van der Waals surface area contributed by atoms with Crippen LogP contribution in [-0.2, 0) is 19.0 Å². The van der Waals surface area contributed by atoms with Gasteiger partial charge in [-0.05, 0) is 42.8 Å². The Kier molecular flexibility index (Phi) is 8.43. The lowest BCUT2D eigenvalue weighted by Crippen LogP contribution is -2.23. The number of carbonyl (C=O) groups is 2. The number of amides is 3. The molecule has 0 aliphatic heterocycles. The van der Waals surface area contributed by atoms with Crippen molar-refractivity contribution < 1.29 is 18.7 Å². The number of nitrogens with one attached hydrogen (secondary N) is 3. The first-order valence-corrected chi connectivity index (χ1v) is 13.9. The maximum atomic E-state index is 14.9. The van der Waals surface area contributed by atoms with Crippen molar-refractivity contribution in [2.45, 2.75) is 39.7 Å². The number of nitrogens with zero attached hydrogens (tertiary/aromatic N) is 5. The largest absolute Gasteiger partial charge is 0.457 e. The van der Waals surface area contributed by atoms with Crippen LogP contribution in [0.1, 0.15) is 48.2 Å². The fourth-order valence-electron chi connectivity index (χ4n) is 4.24. The van der Waals surface area contributed by atoms with Gasteiger partial charge in [-0.15, -0.1) is 0 Å². The van der Waals surface area contributed by atoms with Crippen LogP contribution in [-0.4, -0.2) is 36.3 Å². The second-order valence-corrected chi connectivity index (χ2v) is 11.3. The molecule has 5 rings (SSSR count). The van der Waals surface area contributed by atoms with Gasteiger partial charge in [0.15, 0.2) is 0 Å². The van der Waals surface area contributed by atoms with E-state index in [0.717, 1.165) is 17.0 Å². The van der Waals surface area contributed by atoms with Crippen LogP contribution in [0.15, 0.2) is 79.4 Å². The van der Waals surface area contributed by atoms with Crippen LogP contribution in [0.3, 0.4) is 0 Å². The number of hydrogen-bond donors (Lipinski definition) is 3. The zero-order chi connectivity index (χ0) is 31.4. The third-order valence-corrected chi connectivity index (χ3v) is 6.58. The minimum absolute atomic E-state index is 0.0139. The van der Waals surface area contributed by atoms with Gasteiger partial charge < -0.3 is 19.9 Å². The van der Waals surface area contributed by atoms with E-state index in [4.69, 9.17) is 9.84 Å². The van der Waals surface area contributed by atoms with Crippen molar-refractivity contribution in [3.63, 3.8) is 0 Å². The minimum Gasteiger partial charge on any atom is -0.457 e. The van der Waals surface area contributed by atoms with Crippen LogP contribution in [0.2, 0.25) is 0 Å². The molecule has 11 nitrogen and oxygen atoms in total. The smallest absolute Gasteiger partial charge is 0.324 e. The number of ether oxygens (including phenoxy) is 1. The Hall–Kier alpha value is -5.52. The minimum atomic E-state index is -0.655. The first-order valence-electron chi connectivity index (χ1n) is 13.9. The van der Waals surface area contributed by atoms with Gasteiger partial charge in [0.25, 0.3) is 5.91 Å². The van der Waals surface area contributed by atoms with Crippen LogP contribution < -0.4 is 20.7 Å². The molecule has 0 radical (unpaired) electrons. The average Bonchev–Trinajstić information content (AvgIpc) is 3.60. The quantitative estimate of drug-likeness (QED) is 0.198. The number of aryl methyl sites for hydroxylation is 2. The van der Waals surface area contributed by atoms with E-state index in [1.165, 1.54) is 12.1 Å². The monoisotopic (exact) mass is 596 g/mol. The highest BCUT2D eigenvalue weighted by molar-refractivity contribution is 5.99. The lowest BCUT2D eigenvalue weighted by Gasteiger charge is -2.14. The van der Waals surface area contributed by atoms with Crippen molar-refractivity contribution in [3.8, 4) is 17.2 Å². The van der Waals surface area contributed by atoms with E-state index in [1.807, 2.05) is 52.0 Å². The number of anilines is 2. The summed E-state index contributed by atoms with van der Waals surface area (Å²) in [6.45, 7) is 8.19. The molecule has 0 spiro atoms. The SMILES string of the molecule is Cc1cc(Oc2ccc(NC(=O)Nc3cc(C(C)(C)C)nn3-c3ccc(CNC(=O)c4cn(C)cn4)cc3)c(F)c2)ccn1. The Morgan fingerprint density at radius 3 is 2.36 bits per heavy atom. The molecule has 0 saturated carbocycles. The topological polar surface area (TPSA) is 128 Å². The third-order valence-electron chi connectivity index (χ3n) is 6.58. The predicted octanol–water partition coefficient (Wildman–Crippen LogP) is 6.11. The molecule has 3 heterocycles. The predicted molar refractivity (Wildman–Crippen MR) is 165 cm³/mol. The number of carbonyl (C=O) groups excluding carboxylic acids is 2. The molecule has 226 valence electrons. The number of pyridine rings is 1. The van der Waals surface area contributed by atoms with E-state index >= 15 is 0 Å². The van der Waals surface area contributed by atoms with Crippen LogP contribution in [0.4, 0.5) is 20.7 Å². The molecule has 3 aromatic heterocycles. The van der Waals surface area contributed by atoms with Gasteiger partial charge in [-0.25, -0.2) is 18.9 Å². The van der Waals surface area contributed by atoms with E-state index in [1.54, 1.807) is 59.3 Å². The molecular weight excluding hydrogens is 563 g/mol. The van der Waals surface area contributed by atoms with Crippen LogP contribution in [0.25, 0.3) is 5.69 Å². The molecular formula is C32H33FN8O3. The number of halogens is 1. The van der Waals surface area contributed by atoms with Crippen molar-refractivity contribution >= 4 is 23.4 Å². The summed E-state index contributed by atoms with van der Waals surface area (Å²) in [5, 5.41) is 12.9. The number of urea groups is 1. The van der Waals surface area contributed by atoms with Crippen molar-refractivity contribution in [1.29, 1.82) is 0 Å². The highest BCUT2D eigenvalue weighted by atomic mass is 19.1. The Morgan fingerprint density at radius 1 is 0.955 bits per heavy atom. The highest BCUT2D eigenvalue weighted by Crippen LogP contribution is 2.28. The fourth-order valence-corrected chi connectivity index (χ4v) is 4.24. The Morgan fingerprint density at radius 2 is 1.70 bits per heavy atom. The maximum absolute atomic E-state index is 14.9. The molecule has 5 aromatic rings. The summed E-state index contributed by atoms with van der Waals surface area (Å²) in [7, 11) is 1.80. The van der Waals surface area contributed by atoms with Crippen molar-refractivity contribution in [2.24, 2.45) is 7.05 Å². The zero-order valence-corrected chi connectivity index (χ0v) is 25.1. The molecule has 3 N–H and O–H groups in total. The molecule has 0 saturated heterocycles. The van der Waals surface area contributed by atoms with Crippen LogP contribution in [0, 0.1) is 12.7 Å². The summed E-state index contributed by atoms with van der Waals surface area (Å²) in [4.78, 5) is 33.5. The fraction of sp³-hybridized carbons (Fsp3) is 0.219. The van der Waals surface area contributed by atoms with Gasteiger partial charge in [-0.3, -0.25) is 15.1 Å². The highest BCUT2D eigenvalue weighted by Gasteiger charge is 2.22. The van der Waals surface area contributed by atoms with Gasteiger partial charge in [0.1, 0.15) is 28.8 Å². The Balaban J connectivity index is 1.28. The first-order chi connectivity index (χ1) is 20.9. The van der Waals surface area contributed by atoms with Crippen LogP contribution in [0.5, 0.6) is 11.5 Å². The molecule has 2 aromatic carbocycles. The van der Waals surface area contributed by atoms with E-state index in [9.17, 15) is 14.0 Å². The summed E-state index contributed by atoms with van der Waals surface area (Å²) < 4.78 is 23.9. The summed E-state index contributed by atoms with van der Waals surface area (Å²) in [6, 6.07) is 16.2. The summed E-state index contributed by atoms with van der Waals surface area (Å²) >= 11 is 0. The number of aromatic nitrogens is 5. The molecule has 0 bridgehead atoms. The van der Waals surface area contributed by atoms with Gasteiger partial charge in [-0.2, -0.15) is 5.10 Å². The van der Waals surface area contributed by atoms with Crippen LogP contribution >= 0.6 is 0 Å².